The summed E-state index contributed by atoms with van der Waals surface area (Å²) in [6.45, 7) is 6.35. The molecule has 0 radical (unpaired) electrons. The van der Waals surface area contributed by atoms with Gasteiger partial charge in [0.2, 0.25) is 0 Å². The first-order valence-electron chi connectivity index (χ1n) is 11.1. The van der Waals surface area contributed by atoms with Crippen molar-refractivity contribution in [2.24, 2.45) is 23.2 Å². The van der Waals surface area contributed by atoms with Crippen LogP contribution in [0.3, 0.4) is 0 Å². The first kappa shape index (κ1) is 19.0. The molecule has 1 unspecified atom stereocenters. The summed E-state index contributed by atoms with van der Waals surface area (Å²) in [6, 6.07) is 8.67. The highest BCUT2D eigenvalue weighted by molar-refractivity contribution is 7.80. The second-order valence-electron chi connectivity index (χ2n) is 9.91. The topological polar surface area (TPSA) is 18.5 Å². The van der Waals surface area contributed by atoms with Gasteiger partial charge in [0.25, 0.3) is 0 Å². The summed E-state index contributed by atoms with van der Waals surface area (Å²) in [5, 5.41) is 5.56. The Morgan fingerprint density at radius 1 is 1.07 bits per heavy atom. The lowest BCUT2D eigenvalue weighted by molar-refractivity contribution is -0.0675. The standard InChI is InChI=1S/C23H32ClN3S/c1-16(23-13-17-9-18(14-23)11-19(10-17)15-23)25-22(28)27-7-5-26(6-8-27)21-4-2-3-20(24)12-21/h2-4,12,16-19H,5-11,13-15H2,1H3,(H,25,28). The highest BCUT2D eigenvalue weighted by Gasteiger charge is 2.53. The Bertz CT molecular complexity index is 708. The Labute approximate surface area is 179 Å². The highest BCUT2D eigenvalue weighted by Crippen LogP contribution is 2.61. The molecule has 1 saturated heterocycles. The number of nitrogens with zero attached hydrogens (tertiary/aromatic N) is 2. The van der Waals surface area contributed by atoms with E-state index in [-0.39, 0.29) is 0 Å². The molecule has 1 atom stereocenters. The third-order valence-electron chi connectivity index (χ3n) is 8.08. The van der Waals surface area contributed by atoms with Crippen LogP contribution in [0.1, 0.15) is 45.4 Å². The van der Waals surface area contributed by atoms with Gasteiger partial charge in [-0.1, -0.05) is 17.7 Å². The normalized spacial score (nSPS) is 35.1. The summed E-state index contributed by atoms with van der Waals surface area (Å²) < 4.78 is 0. The number of nitrogens with one attached hydrogen (secondary N) is 1. The first-order chi connectivity index (χ1) is 13.5. The van der Waals surface area contributed by atoms with Crippen LogP contribution in [0.25, 0.3) is 0 Å². The van der Waals surface area contributed by atoms with Gasteiger partial charge < -0.3 is 15.1 Å². The number of hydrogen-bond donors (Lipinski definition) is 1. The molecule has 3 nitrogen and oxygen atoms in total. The number of thiocarbonyl (C=S) groups is 1. The number of rotatable bonds is 3. The summed E-state index contributed by atoms with van der Waals surface area (Å²) in [5.74, 6) is 2.97. The van der Waals surface area contributed by atoms with Gasteiger partial charge in [0.05, 0.1) is 0 Å². The van der Waals surface area contributed by atoms with Gasteiger partial charge in [0.15, 0.2) is 5.11 Å². The largest absolute Gasteiger partial charge is 0.368 e. The number of anilines is 1. The summed E-state index contributed by atoms with van der Waals surface area (Å²) >= 11 is 12.0. The van der Waals surface area contributed by atoms with E-state index in [0.29, 0.717) is 11.5 Å². The van der Waals surface area contributed by atoms with Gasteiger partial charge in [-0.25, -0.2) is 0 Å². The number of piperazine rings is 1. The van der Waals surface area contributed by atoms with Crippen LogP contribution in [0.15, 0.2) is 24.3 Å². The van der Waals surface area contributed by atoms with E-state index in [9.17, 15) is 0 Å². The molecule has 4 saturated carbocycles. The van der Waals surface area contributed by atoms with E-state index in [1.165, 1.54) is 44.2 Å². The molecule has 0 spiro atoms. The average Bonchev–Trinajstić information content (AvgIpc) is 2.67. The van der Waals surface area contributed by atoms with Gasteiger partial charge in [-0.05, 0) is 99.0 Å². The van der Waals surface area contributed by atoms with Crippen LogP contribution >= 0.6 is 23.8 Å². The predicted octanol–water partition coefficient (Wildman–Crippen LogP) is 4.94. The molecule has 1 N–H and O–H groups in total. The maximum Gasteiger partial charge on any atom is 0.169 e. The Balaban J connectivity index is 1.18. The second-order valence-corrected chi connectivity index (χ2v) is 10.7. The van der Waals surface area contributed by atoms with Gasteiger partial charge in [-0.15, -0.1) is 0 Å². The van der Waals surface area contributed by atoms with Crippen molar-refractivity contribution >= 4 is 34.6 Å². The fourth-order valence-electron chi connectivity index (χ4n) is 6.98. The molecule has 1 heterocycles. The smallest absolute Gasteiger partial charge is 0.169 e. The third kappa shape index (κ3) is 3.52. The summed E-state index contributed by atoms with van der Waals surface area (Å²) in [4.78, 5) is 4.78. The van der Waals surface area contributed by atoms with E-state index in [0.717, 1.165) is 54.1 Å². The first-order valence-corrected chi connectivity index (χ1v) is 11.9. The molecular weight excluding hydrogens is 386 g/mol. The fraction of sp³-hybridized carbons (Fsp3) is 0.696. The van der Waals surface area contributed by atoms with Gasteiger partial charge in [-0.3, -0.25) is 0 Å². The molecule has 0 amide bonds. The van der Waals surface area contributed by atoms with Crippen LogP contribution in [0.5, 0.6) is 0 Å². The number of halogens is 1. The van der Waals surface area contributed by atoms with Crippen molar-refractivity contribution in [2.75, 3.05) is 31.1 Å². The summed E-state index contributed by atoms with van der Waals surface area (Å²) in [7, 11) is 0. The van der Waals surface area contributed by atoms with Crippen molar-refractivity contribution < 1.29 is 0 Å². The molecule has 4 bridgehead atoms. The minimum atomic E-state index is 0.499. The van der Waals surface area contributed by atoms with Gasteiger partial charge in [-0.2, -0.15) is 0 Å². The molecule has 0 aromatic heterocycles. The van der Waals surface area contributed by atoms with E-state index in [1.807, 2.05) is 12.1 Å². The monoisotopic (exact) mass is 417 g/mol. The highest BCUT2D eigenvalue weighted by atomic mass is 35.5. The molecule has 28 heavy (non-hydrogen) atoms. The lowest BCUT2D eigenvalue weighted by atomic mass is 9.48. The van der Waals surface area contributed by atoms with Crippen molar-refractivity contribution in [3.8, 4) is 0 Å². The van der Waals surface area contributed by atoms with E-state index >= 15 is 0 Å². The SMILES string of the molecule is CC(NC(=S)N1CCN(c2cccc(Cl)c2)CC1)C12CC3CC(CC(C3)C1)C2. The van der Waals surface area contributed by atoms with Crippen molar-refractivity contribution in [3.63, 3.8) is 0 Å². The molecule has 6 rings (SSSR count). The summed E-state index contributed by atoms with van der Waals surface area (Å²) in [5.41, 5.74) is 1.72. The lowest BCUT2D eigenvalue weighted by Gasteiger charge is -2.59. The fourth-order valence-corrected chi connectivity index (χ4v) is 7.52. The Hall–Kier alpha value is -1.00. The van der Waals surface area contributed by atoms with Crippen LogP contribution in [0.4, 0.5) is 5.69 Å². The Morgan fingerprint density at radius 2 is 1.68 bits per heavy atom. The van der Waals surface area contributed by atoms with Gasteiger partial charge in [0, 0.05) is 42.9 Å². The van der Waals surface area contributed by atoms with Crippen LogP contribution in [-0.2, 0) is 0 Å². The average molecular weight is 418 g/mol. The minimum Gasteiger partial charge on any atom is -0.368 e. The maximum absolute atomic E-state index is 6.16. The quantitative estimate of drug-likeness (QED) is 0.701. The van der Waals surface area contributed by atoms with E-state index < -0.39 is 0 Å². The minimum absolute atomic E-state index is 0.499. The van der Waals surface area contributed by atoms with E-state index in [2.05, 4.69) is 34.2 Å². The molecule has 5 heteroatoms. The molecule has 5 aliphatic rings. The summed E-state index contributed by atoms with van der Waals surface area (Å²) in [6.07, 6.45) is 8.79. The van der Waals surface area contributed by atoms with Crippen molar-refractivity contribution in [2.45, 2.75) is 51.5 Å². The van der Waals surface area contributed by atoms with Crippen LogP contribution in [0, 0.1) is 23.2 Å². The zero-order valence-corrected chi connectivity index (χ0v) is 18.4. The zero-order chi connectivity index (χ0) is 19.3. The van der Waals surface area contributed by atoms with Gasteiger partial charge >= 0.3 is 0 Å². The van der Waals surface area contributed by atoms with Crippen molar-refractivity contribution in [1.29, 1.82) is 0 Å². The van der Waals surface area contributed by atoms with Crippen LogP contribution in [-0.4, -0.2) is 42.2 Å². The van der Waals surface area contributed by atoms with Gasteiger partial charge in [0.1, 0.15) is 0 Å². The molecular formula is C23H32ClN3S. The number of benzene rings is 1. The molecule has 1 aliphatic heterocycles. The maximum atomic E-state index is 6.16. The number of hydrogen-bond acceptors (Lipinski definition) is 2. The third-order valence-corrected chi connectivity index (χ3v) is 8.70. The molecule has 5 fully saturated rings. The lowest BCUT2D eigenvalue weighted by Crippen LogP contribution is -2.59. The van der Waals surface area contributed by atoms with Crippen molar-refractivity contribution in [3.05, 3.63) is 29.3 Å². The van der Waals surface area contributed by atoms with E-state index in [1.54, 1.807) is 0 Å². The molecule has 152 valence electrons. The molecule has 4 aliphatic carbocycles. The van der Waals surface area contributed by atoms with Crippen LogP contribution < -0.4 is 10.2 Å². The Morgan fingerprint density at radius 3 is 2.25 bits per heavy atom. The Kier molecular flexibility index (Phi) is 4.99. The molecule has 1 aromatic carbocycles. The molecule has 1 aromatic rings. The zero-order valence-electron chi connectivity index (χ0n) is 16.9. The van der Waals surface area contributed by atoms with Crippen LogP contribution in [0.2, 0.25) is 5.02 Å². The van der Waals surface area contributed by atoms with Crippen molar-refractivity contribution in [1.82, 2.24) is 10.2 Å². The predicted molar refractivity (Wildman–Crippen MR) is 121 cm³/mol. The second kappa shape index (κ2) is 7.36. The van der Waals surface area contributed by atoms with E-state index in [4.69, 9.17) is 23.8 Å².